The number of hydrogen-bond donors (Lipinski definition) is 0. The highest BCUT2D eigenvalue weighted by Crippen LogP contribution is 2.37. The number of hydrogen-bond acceptors (Lipinski definition) is 1. The summed E-state index contributed by atoms with van der Waals surface area (Å²) in [7, 11) is 0. The topological polar surface area (TPSA) is 9.23 Å². The normalized spacial score (nSPS) is 11.3. The minimum atomic E-state index is 1.02. The van der Waals surface area contributed by atoms with Crippen molar-refractivity contribution in [1.82, 2.24) is 0 Å². The second-order valence-corrected chi connectivity index (χ2v) is 8.54. The standard InChI is InChI=1S/C30H34O/c1-3-5-7-17-27-25-15-11-9-13-23(25)19-21-29(27)31-30-22-20-24-14-10-12-16-26(24)28(30)18-8-6-4-2/h9-16,19-22H,3-8,17-18H2,1-2H3. The molecule has 1 nitrogen and oxygen atoms in total. The summed E-state index contributed by atoms with van der Waals surface area (Å²) >= 11 is 0. The zero-order valence-corrected chi connectivity index (χ0v) is 19.0. The molecule has 0 amide bonds. The lowest BCUT2D eigenvalue weighted by Crippen LogP contribution is -1.98. The molecule has 4 aromatic carbocycles. The number of ether oxygens (including phenoxy) is 1. The molecule has 0 aliphatic heterocycles. The third-order valence-corrected chi connectivity index (χ3v) is 6.28. The molecular weight excluding hydrogens is 376 g/mol. The van der Waals surface area contributed by atoms with Gasteiger partial charge < -0.3 is 4.74 Å². The van der Waals surface area contributed by atoms with E-state index in [0.29, 0.717) is 0 Å². The van der Waals surface area contributed by atoms with Gasteiger partial charge in [0.1, 0.15) is 11.5 Å². The summed E-state index contributed by atoms with van der Waals surface area (Å²) in [5, 5.41) is 5.24. The van der Waals surface area contributed by atoms with Crippen LogP contribution in [0.4, 0.5) is 0 Å². The van der Waals surface area contributed by atoms with E-state index in [1.54, 1.807) is 0 Å². The van der Waals surface area contributed by atoms with Crippen molar-refractivity contribution in [1.29, 1.82) is 0 Å². The molecule has 0 aliphatic carbocycles. The van der Waals surface area contributed by atoms with Crippen LogP contribution in [-0.2, 0) is 12.8 Å². The van der Waals surface area contributed by atoms with Gasteiger partial charge in [0.25, 0.3) is 0 Å². The van der Waals surface area contributed by atoms with E-state index in [1.165, 1.54) is 71.2 Å². The Balaban J connectivity index is 1.76. The molecule has 4 rings (SSSR count). The summed E-state index contributed by atoms with van der Waals surface area (Å²) in [5.41, 5.74) is 2.69. The van der Waals surface area contributed by atoms with Gasteiger partial charge in [0.15, 0.2) is 0 Å². The predicted molar refractivity (Wildman–Crippen MR) is 134 cm³/mol. The zero-order chi connectivity index (χ0) is 21.5. The van der Waals surface area contributed by atoms with Gasteiger partial charge in [-0.25, -0.2) is 0 Å². The fraction of sp³-hybridized carbons (Fsp3) is 0.333. The minimum Gasteiger partial charge on any atom is -0.457 e. The monoisotopic (exact) mass is 410 g/mol. The van der Waals surface area contributed by atoms with Gasteiger partial charge >= 0.3 is 0 Å². The average Bonchev–Trinajstić information content (AvgIpc) is 2.81. The quantitative estimate of drug-likeness (QED) is 0.237. The van der Waals surface area contributed by atoms with Gasteiger partial charge in [0.2, 0.25) is 0 Å². The van der Waals surface area contributed by atoms with Gasteiger partial charge in [-0.15, -0.1) is 0 Å². The van der Waals surface area contributed by atoms with Crippen LogP contribution in [0.5, 0.6) is 11.5 Å². The van der Waals surface area contributed by atoms with E-state index in [0.717, 1.165) is 24.3 Å². The first kappa shape index (κ1) is 21.4. The van der Waals surface area contributed by atoms with Crippen molar-refractivity contribution >= 4 is 21.5 Å². The molecule has 0 saturated heterocycles. The van der Waals surface area contributed by atoms with Crippen molar-refractivity contribution < 1.29 is 4.74 Å². The number of rotatable bonds is 10. The summed E-state index contributed by atoms with van der Waals surface area (Å²) in [6.07, 6.45) is 9.47. The second kappa shape index (κ2) is 10.5. The van der Waals surface area contributed by atoms with Crippen LogP contribution in [0.25, 0.3) is 21.5 Å². The lowest BCUT2D eigenvalue weighted by Gasteiger charge is -2.18. The molecule has 0 N–H and O–H groups in total. The molecule has 31 heavy (non-hydrogen) atoms. The number of fused-ring (bicyclic) bond motifs is 2. The summed E-state index contributed by atoms with van der Waals surface area (Å²) in [5.74, 6) is 2.03. The Bertz CT molecular complexity index is 1050. The third kappa shape index (κ3) is 4.93. The molecule has 0 spiro atoms. The van der Waals surface area contributed by atoms with E-state index < -0.39 is 0 Å². The summed E-state index contributed by atoms with van der Waals surface area (Å²) in [6.45, 7) is 4.52. The van der Waals surface area contributed by atoms with Gasteiger partial charge in [-0.3, -0.25) is 0 Å². The molecule has 0 unspecified atom stereocenters. The Morgan fingerprint density at radius 2 is 0.968 bits per heavy atom. The maximum absolute atomic E-state index is 6.72. The Hall–Kier alpha value is -2.80. The van der Waals surface area contributed by atoms with Crippen molar-refractivity contribution in [3.05, 3.63) is 83.9 Å². The summed E-state index contributed by atoms with van der Waals surface area (Å²) in [6, 6.07) is 26.2. The molecule has 0 fully saturated rings. The van der Waals surface area contributed by atoms with Crippen molar-refractivity contribution in [2.24, 2.45) is 0 Å². The fourth-order valence-corrected chi connectivity index (χ4v) is 4.56. The molecule has 0 aromatic heterocycles. The maximum atomic E-state index is 6.72. The summed E-state index contributed by atoms with van der Waals surface area (Å²) in [4.78, 5) is 0. The lowest BCUT2D eigenvalue weighted by atomic mass is 9.97. The smallest absolute Gasteiger partial charge is 0.131 e. The van der Waals surface area contributed by atoms with E-state index >= 15 is 0 Å². The van der Waals surface area contributed by atoms with Crippen LogP contribution in [0.15, 0.2) is 72.8 Å². The van der Waals surface area contributed by atoms with Gasteiger partial charge in [-0.2, -0.15) is 0 Å². The highest BCUT2D eigenvalue weighted by Gasteiger charge is 2.14. The molecule has 4 aromatic rings. The van der Waals surface area contributed by atoms with Gasteiger partial charge in [-0.1, -0.05) is 100 Å². The van der Waals surface area contributed by atoms with Crippen LogP contribution in [0.2, 0.25) is 0 Å². The van der Waals surface area contributed by atoms with Crippen molar-refractivity contribution in [3.8, 4) is 11.5 Å². The lowest BCUT2D eigenvalue weighted by molar-refractivity contribution is 0.469. The number of aryl methyl sites for hydroxylation is 2. The van der Waals surface area contributed by atoms with E-state index in [4.69, 9.17) is 4.74 Å². The van der Waals surface area contributed by atoms with Crippen LogP contribution >= 0.6 is 0 Å². The first-order valence-corrected chi connectivity index (χ1v) is 12.0. The summed E-state index contributed by atoms with van der Waals surface area (Å²) < 4.78 is 6.72. The molecule has 1 heteroatoms. The highest BCUT2D eigenvalue weighted by molar-refractivity contribution is 5.89. The van der Waals surface area contributed by atoms with Gasteiger partial charge in [0.05, 0.1) is 0 Å². The van der Waals surface area contributed by atoms with E-state index in [9.17, 15) is 0 Å². The van der Waals surface area contributed by atoms with Gasteiger partial charge in [-0.05, 0) is 59.4 Å². The first-order valence-electron chi connectivity index (χ1n) is 12.0. The van der Waals surface area contributed by atoms with E-state index in [2.05, 4.69) is 86.6 Å². The van der Waals surface area contributed by atoms with Crippen LogP contribution in [0.3, 0.4) is 0 Å². The molecule has 0 atom stereocenters. The van der Waals surface area contributed by atoms with Crippen molar-refractivity contribution in [3.63, 3.8) is 0 Å². The molecule has 160 valence electrons. The SMILES string of the molecule is CCCCCc1c(Oc2ccc3ccccc3c2CCCCC)ccc2ccccc12. The van der Waals surface area contributed by atoms with Crippen LogP contribution in [0, 0.1) is 0 Å². The molecule has 0 radical (unpaired) electrons. The van der Waals surface area contributed by atoms with Crippen molar-refractivity contribution in [2.45, 2.75) is 65.2 Å². The van der Waals surface area contributed by atoms with E-state index in [1.807, 2.05) is 0 Å². The number of benzene rings is 4. The first-order chi connectivity index (χ1) is 15.3. The van der Waals surface area contributed by atoms with Crippen LogP contribution < -0.4 is 4.74 Å². The molecule has 0 aliphatic rings. The maximum Gasteiger partial charge on any atom is 0.131 e. The van der Waals surface area contributed by atoms with Crippen LogP contribution in [-0.4, -0.2) is 0 Å². The molecule has 0 bridgehead atoms. The highest BCUT2D eigenvalue weighted by atomic mass is 16.5. The number of unbranched alkanes of at least 4 members (excludes halogenated alkanes) is 4. The largest absolute Gasteiger partial charge is 0.457 e. The third-order valence-electron chi connectivity index (χ3n) is 6.28. The Kier molecular flexibility index (Phi) is 7.25. The second-order valence-electron chi connectivity index (χ2n) is 8.54. The molecule has 0 heterocycles. The fourth-order valence-electron chi connectivity index (χ4n) is 4.56. The predicted octanol–water partition coefficient (Wildman–Crippen LogP) is 9.25. The molecular formula is C30H34O. The van der Waals surface area contributed by atoms with Crippen LogP contribution in [0.1, 0.15) is 63.5 Å². The average molecular weight is 411 g/mol. The Labute approximate surface area is 187 Å². The Morgan fingerprint density at radius 3 is 1.42 bits per heavy atom. The van der Waals surface area contributed by atoms with Crippen molar-refractivity contribution in [2.75, 3.05) is 0 Å². The minimum absolute atomic E-state index is 1.02. The zero-order valence-electron chi connectivity index (χ0n) is 19.0. The molecule has 0 saturated carbocycles. The van der Waals surface area contributed by atoms with Gasteiger partial charge in [0, 0.05) is 11.1 Å². The van der Waals surface area contributed by atoms with E-state index in [-0.39, 0.29) is 0 Å². The Morgan fingerprint density at radius 1 is 0.516 bits per heavy atom.